The van der Waals surface area contributed by atoms with Crippen LogP contribution >= 0.6 is 0 Å². The minimum absolute atomic E-state index is 0.191. The zero-order valence-corrected chi connectivity index (χ0v) is 47.4. The fourth-order valence-electron chi connectivity index (χ4n) is 11.1. The Labute approximate surface area is 446 Å². The molecule has 5 aliphatic heterocycles. The molecular formula is C64H62N8O2Si2. The Kier molecular flexibility index (Phi) is 10.7. The average molecular weight is 1030 g/mol. The topological polar surface area (TPSA) is 108 Å². The highest BCUT2D eigenvalue weighted by Gasteiger charge is 2.54. The summed E-state index contributed by atoms with van der Waals surface area (Å²) in [5.41, 5.74) is 6.79. The van der Waals surface area contributed by atoms with Gasteiger partial charge in [-0.25, -0.2) is 34.9 Å². The van der Waals surface area contributed by atoms with Crippen LogP contribution in [0.25, 0.3) is 43.1 Å². The van der Waals surface area contributed by atoms with Crippen molar-refractivity contribution in [3.05, 3.63) is 190 Å². The first-order valence-corrected chi connectivity index (χ1v) is 32.5. The molecule has 8 aromatic rings. The molecule has 10 nitrogen and oxygen atoms in total. The first kappa shape index (κ1) is 48.3. The maximum Gasteiger partial charge on any atom is 0.280 e. The van der Waals surface area contributed by atoms with Crippen molar-refractivity contribution in [3.8, 4) is 0 Å². The Hall–Kier alpha value is -7.36. The van der Waals surface area contributed by atoms with E-state index in [1.807, 2.05) is 5.06 Å². The molecule has 76 heavy (non-hydrogen) atoms. The van der Waals surface area contributed by atoms with Gasteiger partial charge in [0.1, 0.15) is 0 Å². The largest absolute Gasteiger partial charge is 0.373 e. The lowest BCUT2D eigenvalue weighted by Crippen LogP contribution is -2.53. The second-order valence-corrected chi connectivity index (χ2v) is 32.9. The molecule has 1 unspecified atom stereocenters. The van der Waals surface area contributed by atoms with Crippen LogP contribution in [0.5, 0.6) is 0 Å². The molecule has 0 N–H and O–H groups in total. The third-order valence-electron chi connectivity index (χ3n) is 18.2. The van der Waals surface area contributed by atoms with Crippen molar-refractivity contribution >= 4 is 101 Å². The van der Waals surface area contributed by atoms with Crippen LogP contribution in [-0.4, -0.2) is 62.5 Å². The molecule has 1 atom stereocenters. The predicted octanol–water partition coefficient (Wildman–Crippen LogP) is 15.3. The summed E-state index contributed by atoms with van der Waals surface area (Å²) in [5.74, 6) is 2.66. The van der Waals surface area contributed by atoms with Crippen LogP contribution in [0.3, 0.4) is 0 Å². The average Bonchev–Trinajstić information content (AvgIpc) is 4.23. The van der Waals surface area contributed by atoms with E-state index in [9.17, 15) is 0 Å². The zero-order chi connectivity index (χ0) is 52.8. The van der Waals surface area contributed by atoms with Gasteiger partial charge in [0.15, 0.2) is 49.2 Å². The molecule has 8 aromatic carbocycles. The van der Waals surface area contributed by atoms with E-state index in [0.29, 0.717) is 52.7 Å². The van der Waals surface area contributed by atoms with Gasteiger partial charge in [-0.15, -0.1) is 0 Å². The molecule has 378 valence electrons. The number of benzene rings is 8. The number of rotatable bonds is 8. The Morgan fingerprint density at radius 2 is 0.697 bits per heavy atom. The molecule has 0 spiro atoms. The van der Waals surface area contributed by atoms with Crippen molar-refractivity contribution in [3.63, 3.8) is 0 Å². The Morgan fingerprint density at radius 1 is 0.395 bits per heavy atom. The van der Waals surface area contributed by atoms with Crippen LogP contribution in [0.4, 0.5) is 0 Å². The summed E-state index contributed by atoms with van der Waals surface area (Å²) >= 11 is 0. The number of nitrogens with zero attached hydrogens (tertiary/aromatic N) is 8. The second kappa shape index (κ2) is 16.8. The summed E-state index contributed by atoms with van der Waals surface area (Å²) in [5, 5.41) is 10.0. The van der Waals surface area contributed by atoms with E-state index in [0.717, 1.165) is 87.6 Å². The Bertz CT molecular complexity index is 4100. The van der Waals surface area contributed by atoms with E-state index in [4.69, 9.17) is 43.9 Å². The number of aliphatic imine (C=N–C) groups is 7. The summed E-state index contributed by atoms with van der Waals surface area (Å²) < 4.78 is 15.7. The first-order chi connectivity index (χ1) is 36.2. The second-order valence-electron chi connectivity index (χ2n) is 23.9. The molecule has 5 aliphatic rings. The SMILES string of the molecule is CC(C)C(C)(C)[Si](C)(C)ON1C2=NC(=NC3=NC(=NC4(O[Si](C)(C)C(C)(C)C(C)C)N=C(N=C5N=C1c1cc6ccccc6cc15)c1cc5ccccc5cc14)c1cc4ccccc4cc13)c1cc3ccccc3cc12. The van der Waals surface area contributed by atoms with Crippen molar-refractivity contribution in [1.29, 1.82) is 0 Å². The number of hydrogen-bond acceptors (Lipinski definition) is 10. The number of hydroxylamine groups is 2. The summed E-state index contributed by atoms with van der Waals surface area (Å²) in [4.78, 5) is 39.6. The summed E-state index contributed by atoms with van der Waals surface area (Å²) in [6.45, 7) is 27.6. The van der Waals surface area contributed by atoms with Gasteiger partial charge in [-0.1, -0.05) is 152 Å². The predicted molar refractivity (Wildman–Crippen MR) is 320 cm³/mol. The monoisotopic (exact) mass is 1030 g/mol. The van der Waals surface area contributed by atoms with Gasteiger partial charge in [0, 0.05) is 44.5 Å². The van der Waals surface area contributed by atoms with Gasteiger partial charge in [-0.2, -0.15) is 5.06 Å². The van der Waals surface area contributed by atoms with E-state index in [2.05, 4.69) is 227 Å². The lowest BCUT2D eigenvalue weighted by molar-refractivity contribution is 0.0686. The third kappa shape index (κ3) is 7.35. The van der Waals surface area contributed by atoms with Gasteiger partial charge in [-0.3, -0.25) is 0 Å². The van der Waals surface area contributed by atoms with Crippen LogP contribution < -0.4 is 0 Å². The molecule has 0 saturated heterocycles. The third-order valence-corrected chi connectivity index (χ3v) is 27.0. The van der Waals surface area contributed by atoms with Crippen molar-refractivity contribution in [2.75, 3.05) is 0 Å². The van der Waals surface area contributed by atoms with Gasteiger partial charge >= 0.3 is 0 Å². The summed E-state index contributed by atoms with van der Waals surface area (Å²) in [6.07, 6.45) is 0. The normalized spacial score (nSPS) is 18.1. The van der Waals surface area contributed by atoms with Gasteiger partial charge < -0.3 is 8.95 Å². The van der Waals surface area contributed by atoms with Crippen molar-refractivity contribution in [2.24, 2.45) is 46.8 Å². The number of amidine groups is 7. The molecule has 13 rings (SSSR count). The number of fused-ring (bicyclic) bond motifs is 20. The molecule has 0 fully saturated rings. The van der Waals surface area contributed by atoms with E-state index in [1.165, 1.54) is 0 Å². The maximum absolute atomic E-state index is 7.89. The molecule has 0 saturated carbocycles. The van der Waals surface area contributed by atoms with E-state index in [-0.39, 0.29) is 10.1 Å². The van der Waals surface area contributed by atoms with Crippen molar-refractivity contribution < 1.29 is 8.95 Å². The van der Waals surface area contributed by atoms with Crippen LogP contribution in [0.2, 0.25) is 36.3 Å². The van der Waals surface area contributed by atoms with E-state index in [1.54, 1.807) is 0 Å². The summed E-state index contributed by atoms with van der Waals surface area (Å²) in [7, 11) is -5.57. The molecule has 0 aliphatic carbocycles. The summed E-state index contributed by atoms with van der Waals surface area (Å²) in [6, 6.07) is 51.3. The highest BCUT2D eigenvalue weighted by Crippen LogP contribution is 2.52. The van der Waals surface area contributed by atoms with Gasteiger partial charge in [0.05, 0.1) is 0 Å². The molecule has 8 bridgehead atoms. The highest BCUT2D eigenvalue weighted by molar-refractivity contribution is 6.75. The zero-order valence-electron chi connectivity index (χ0n) is 45.4. The molecule has 0 aromatic heterocycles. The van der Waals surface area contributed by atoms with Crippen molar-refractivity contribution in [1.82, 2.24) is 5.06 Å². The molecular weight excluding hydrogens is 969 g/mol. The smallest absolute Gasteiger partial charge is 0.280 e. The molecule has 0 amide bonds. The maximum atomic E-state index is 7.89. The van der Waals surface area contributed by atoms with Crippen molar-refractivity contribution in [2.45, 2.75) is 97.5 Å². The Morgan fingerprint density at radius 3 is 1.11 bits per heavy atom. The molecule has 12 heteroatoms. The lowest BCUT2D eigenvalue weighted by Gasteiger charge is -2.45. The molecule has 0 radical (unpaired) electrons. The number of hydrogen-bond donors (Lipinski definition) is 0. The quantitative estimate of drug-likeness (QED) is 0.141. The minimum atomic E-state index is -2.81. The van der Waals surface area contributed by atoms with Gasteiger partial charge in [0.25, 0.3) is 5.85 Å². The van der Waals surface area contributed by atoms with E-state index < -0.39 is 22.5 Å². The highest BCUT2D eigenvalue weighted by atomic mass is 28.4. The fraction of sp³-hybridized carbons (Fsp3) is 0.266. The van der Waals surface area contributed by atoms with Crippen LogP contribution in [-0.2, 0) is 14.8 Å². The van der Waals surface area contributed by atoms with E-state index >= 15 is 0 Å². The minimum Gasteiger partial charge on any atom is -0.373 e. The lowest BCUT2D eigenvalue weighted by atomic mass is 9.98. The van der Waals surface area contributed by atoms with Crippen LogP contribution in [0, 0.1) is 11.8 Å². The van der Waals surface area contributed by atoms with Crippen LogP contribution in [0.15, 0.2) is 181 Å². The van der Waals surface area contributed by atoms with Gasteiger partial charge in [-0.05, 0) is 140 Å². The molecule has 5 heterocycles. The standard InChI is InChI=1S/C64H62N8O2Si2/c1-37(2)62(5,6)75(9,10)73-64-54-36-46-28-20-19-27-45(46)35-53(54)59(71-64)67-57-50-32-42-24-16-18-26-44(42)34-52(50)61(69-57)72(74-76(11,12)63(7,8)38(3)4)60-51-33-43-25-17-15-23-41(43)31-49(51)56(68-60)65-55-47-29-39-21-13-14-22-40(39)30-48(47)58(66-55)70-64/h13-38H,1-12H3. The van der Waals surface area contributed by atoms with Crippen LogP contribution in [0.1, 0.15) is 99.9 Å². The van der Waals surface area contributed by atoms with Gasteiger partial charge in [0.2, 0.25) is 8.32 Å². The first-order valence-electron chi connectivity index (χ1n) is 26.7. The fourth-order valence-corrected chi connectivity index (χ4v) is 15.9. The Balaban J connectivity index is 1.18.